The van der Waals surface area contributed by atoms with E-state index in [-0.39, 0.29) is 12.3 Å². The molecule has 1 heterocycles. The van der Waals surface area contributed by atoms with Gasteiger partial charge in [-0.1, -0.05) is 0 Å². The quantitative estimate of drug-likeness (QED) is 0.657. The van der Waals surface area contributed by atoms with Crippen LogP contribution in [0, 0.1) is 0 Å². The maximum absolute atomic E-state index is 12.4. The Kier molecular flexibility index (Phi) is 6.49. The lowest BCUT2D eigenvalue weighted by Crippen LogP contribution is -2.19. The van der Waals surface area contributed by atoms with Gasteiger partial charge in [-0.2, -0.15) is 0 Å². The molecule has 1 N–H and O–H groups in total. The van der Waals surface area contributed by atoms with Crippen LogP contribution in [0.5, 0.6) is 11.5 Å². The van der Waals surface area contributed by atoms with Crippen molar-refractivity contribution in [2.24, 2.45) is 12.0 Å². The number of anilines is 1. The summed E-state index contributed by atoms with van der Waals surface area (Å²) in [5.74, 6) is 1.50. The van der Waals surface area contributed by atoms with Crippen LogP contribution in [0.15, 0.2) is 58.9 Å². The average molecular weight is 398 g/mol. The molecule has 0 unspecified atom stereocenters. The molecule has 3 aromatic rings. The highest BCUT2D eigenvalue weighted by Gasteiger charge is 2.09. The molecule has 0 fully saturated rings. The molecule has 0 saturated carbocycles. The van der Waals surface area contributed by atoms with Crippen molar-refractivity contribution >= 4 is 28.6 Å². The zero-order valence-corrected chi connectivity index (χ0v) is 17.0. The zero-order valence-electron chi connectivity index (χ0n) is 16.1. The Bertz CT molecular complexity index is 989. The molecule has 7 heteroatoms. The van der Waals surface area contributed by atoms with Crippen LogP contribution in [0.4, 0.5) is 11.4 Å². The highest BCUT2D eigenvalue weighted by Crippen LogP contribution is 2.18. The second kappa shape index (κ2) is 9.23. The number of rotatable bonds is 7. The largest absolute Gasteiger partial charge is 0.497 e. The van der Waals surface area contributed by atoms with Crippen LogP contribution in [-0.2, 0) is 18.3 Å². The number of hydrogen-bond donors (Lipinski definition) is 1. The summed E-state index contributed by atoms with van der Waals surface area (Å²) in [4.78, 5) is 17.8. The lowest BCUT2D eigenvalue weighted by molar-refractivity contribution is -0.115. The van der Waals surface area contributed by atoms with Gasteiger partial charge in [0.15, 0.2) is 4.80 Å². The minimum absolute atomic E-state index is 0.0776. The minimum atomic E-state index is -0.0776. The Morgan fingerprint density at radius 2 is 1.79 bits per heavy atom. The zero-order chi connectivity index (χ0) is 19.9. The molecule has 2 aromatic carbocycles. The van der Waals surface area contributed by atoms with E-state index < -0.39 is 0 Å². The van der Waals surface area contributed by atoms with Crippen molar-refractivity contribution in [3.63, 3.8) is 0 Å². The first-order chi connectivity index (χ1) is 13.6. The Morgan fingerprint density at radius 1 is 1.11 bits per heavy atom. The summed E-state index contributed by atoms with van der Waals surface area (Å²) in [5, 5.41) is 4.86. The molecule has 3 rings (SSSR count). The number of methoxy groups -OCH3 is 1. The highest BCUT2D eigenvalue weighted by molar-refractivity contribution is 7.07. The van der Waals surface area contributed by atoms with E-state index in [9.17, 15) is 4.79 Å². The van der Waals surface area contributed by atoms with Crippen LogP contribution < -0.4 is 19.6 Å². The molecular formula is C21H23N3O3S. The third-order valence-corrected chi connectivity index (χ3v) is 5.07. The molecular weight excluding hydrogens is 374 g/mol. The number of aromatic nitrogens is 1. The molecule has 0 aliphatic rings. The normalized spacial score (nSPS) is 11.3. The SMILES string of the molecule is CCOc1ccc(N=c2scc(CC(=O)Nc3ccc(OC)cc3)n2C)cc1. The fourth-order valence-corrected chi connectivity index (χ4v) is 3.52. The molecule has 0 saturated heterocycles. The van der Waals surface area contributed by atoms with Crippen LogP contribution in [0.1, 0.15) is 12.6 Å². The van der Waals surface area contributed by atoms with E-state index in [4.69, 9.17) is 9.47 Å². The number of ether oxygens (including phenoxy) is 2. The van der Waals surface area contributed by atoms with Gasteiger partial charge in [0.05, 0.1) is 25.8 Å². The van der Waals surface area contributed by atoms with Crippen LogP contribution in [-0.4, -0.2) is 24.2 Å². The number of carbonyl (C=O) groups is 1. The van der Waals surface area contributed by atoms with Crippen molar-refractivity contribution < 1.29 is 14.3 Å². The van der Waals surface area contributed by atoms with Crippen LogP contribution >= 0.6 is 11.3 Å². The van der Waals surface area contributed by atoms with E-state index >= 15 is 0 Å². The maximum Gasteiger partial charge on any atom is 0.230 e. The van der Waals surface area contributed by atoms with Crippen molar-refractivity contribution in [2.45, 2.75) is 13.3 Å². The number of amides is 1. The molecule has 146 valence electrons. The van der Waals surface area contributed by atoms with E-state index in [1.54, 1.807) is 7.11 Å². The molecule has 0 bridgehead atoms. The van der Waals surface area contributed by atoms with Crippen molar-refractivity contribution in [1.29, 1.82) is 0 Å². The second-order valence-electron chi connectivity index (χ2n) is 6.06. The lowest BCUT2D eigenvalue weighted by atomic mass is 10.2. The lowest BCUT2D eigenvalue weighted by Gasteiger charge is -2.07. The van der Waals surface area contributed by atoms with Gasteiger partial charge in [-0.05, 0) is 55.5 Å². The standard InChI is InChI=1S/C21H23N3O3S/c1-4-27-19-11-7-16(8-12-19)23-21-24(2)17(14-28-21)13-20(25)22-15-5-9-18(26-3)10-6-15/h5-12,14H,4,13H2,1-3H3,(H,22,25). The topological polar surface area (TPSA) is 64.8 Å². The number of nitrogens with one attached hydrogen (secondary N) is 1. The molecule has 0 aliphatic carbocycles. The first kappa shape index (κ1) is 19.7. The number of carbonyl (C=O) groups excluding carboxylic acids is 1. The van der Waals surface area contributed by atoms with Crippen LogP contribution in [0.2, 0.25) is 0 Å². The third-order valence-electron chi connectivity index (χ3n) is 4.11. The molecule has 28 heavy (non-hydrogen) atoms. The predicted molar refractivity (Wildman–Crippen MR) is 111 cm³/mol. The van der Waals surface area contributed by atoms with Gasteiger partial charge in [-0.15, -0.1) is 11.3 Å². The Balaban J connectivity index is 1.68. The molecule has 0 spiro atoms. The monoisotopic (exact) mass is 397 g/mol. The van der Waals surface area contributed by atoms with Gasteiger partial charge in [0.25, 0.3) is 0 Å². The van der Waals surface area contributed by atoms with Gasteiger partial charge in [-0.3, -0.25) is 4.79 Å². The first-order valence-corrected chi connectivity index (χ1v) is 9.82. The summed E-state index contributed by atoms with van der Waals surface area (Å²) in [7, 11) is 3.53. The smallest absolute Gasteiger partial charge is 0.230 e. The summed E-state index contributed by atoms with van der Waals surface area (Å²) >= 11 is 1.51. The Hall–Kier alpha value is -3.06. The van der Waals surface area contributed by atoms with Crippen molar-refractivity contribution in [3.05, 3.63) is 64.4 Å². The summed E-state index contributed by atoms with van der Waals surface area (Å²) in [6.45, 7) is 2.59. The van der Waals surface area contributed by atoms with Crippen LogP contribution in [0.25, 0.3) is 0 Å². The van der Waals surface area contributed by atoms with Gasteiger partial charge in [0, 0.05) is 23.8 Å². The van der Waals surface area contributed by atoms with E-state index in [2.05, 4.69) is 10.3 Å². The van der Waals surface area contributed by atoms with Crippen molar-refractivity contribution in [3.8, 4) is 11.5 Å². The van der Waals surface area contributed by atoms with E-state index in [0.29, 0.717) is 6.61 Å². The summed E-state index contributed by atoms with van der Waals surface area (Å²) < 4.78 is 12.5. The maximum atomic E-state index is 12.4. The molecule has 0 radical (unpaired) electrons. The van der Waals surface area contributed by atoms with Crippen LogP contribution in [0.3, 0.4) is 0 Å². The van der Waals surface area contributed by atoms with E-state index in [1.165, 1.54) is 11.3 Å². The Morgan fingerprint density at radius 3 is 2.43 bits per heavy atom. The predicted octanol–water partition coefficient (Wildman–Crippen LogP) is 3.91. The van der Waals surface area contributed by atoms with E-state index in [0.717, 1.165) is 33.4 Å². The molecule has 0 atom stereocenters. The minimum Gasteiger partial charge on any atom is -0.497 e. The first-order valence-electron chi connectivity index (χ1n) is 8.94. The van der Waals surface area contributed by atoms with Gasteiger partial charge in [-0.25, -0.2) is 4.99 Å². The molecule has 1 aromatic heterocycles. The molecule has 0 aliphatic heterocycles. The number of nitrogens with zero attached hydrogens (tertiary/aromatic N) is 2. The average Bonchev–Trinajstić information content (AvgIpc) is 3.03. The van der Waals surface area contributed by atoms with Gasteiger partial charge in [0.2, 0.25) is 5.91 Å². The fraction of sp³-hybridized carbons (Fsp3) is 0.238. The number of thiazole rings is 1. The van der Waals surface area contributed by atoms with Crippen molar-refractivity contribution in [2.75, 3.05) is 19.0 Å². The number of hydrogen-bond acceptors (Lipinski definition) is 5. The third kappa shape index (κ3) is 5.01. The summed E-state index contributed by atoms with van der Waals surface area (Å²) in [5.41, 5.74) is 2.49. The molecule has 6 nitrogen and oxygen atoms in total. The molecule has 1 amide bonds. The fourth-order valence-electron chi connectivity index (χ4n) is 2.60. The second-order valence-corrected chi connectivity index (χ2v) is 6.90. The summed E-state index contributed by atoms with van der Waals surface area (Å²) in [6.07, 6.45) is 0.276. The Labute approximate surface area is 168 Å². The van der Waals surface area contributed by atoms with Gasteiger partial charge in [0.1, 0.15) is 11.5 Å². The van der Waals surface area contributed by atoms with Gasteiger partial charge >= 0.3 is 0 Å². The summed E-state index contributed by atoms with van der Waals surface area (Å²) in [6, 6.07) is 14.9. The van der Waals surface area contributed by atoms with E-state index in [1.807, 2.05) is 72.4 Å². The number of benzene rings is 2. The van der Waals surface area contributed by atoms with Crippen molar-refractivity contribution in [1.82, 2.24) is 4.57 Å². The van der Waals surface area contributed by atoms with Gasteiger partial charge < -0.3 is 19.4 Å². The highest BCUT2D eigenvalue weighted by atomic mass is 32.1.